The second-order valence-electron chi connectivity index (χ2n) is 7.52. The van der Waals surface area contributed by atoms with Crippen LogP contribution in [0.25, 0.3) is 11.1 Å². The molecule has 28 heavy (non-hydrogen) atoms. The molecule has 0 unspecified atom stereocenters. The van der Waals surface area contributed by atoms with E-state index in [-0.39, 0.29) is 30.1 Å². The predicted octanol–water partition coefficient (Wildman–Crippen LogP) is 5.36. The Hall–Kier alpha value is -1.98. The van der Waals surface area contributed by atoms with Crippen molar-refractivity contribution < 1.29 is 19.0 Å². The van der Waals surface area contributed by atoms with Crippen molar-refractivity contribution in [1.82, 2.24) is 4.98 Å². The van der Waals surface area contributed by atoms with Gasteiger partial charge in [0.05, 0.1) is 29.5 Å². The minimum atomic E-state index is -0.468. The summed E-state index contributed by atoms with van der Waals surface area (Å²) >= 11 is 6.38. The number of benzene rings is 1. The van der Waals surface area contributed by atoms with Gasteiger partial charge in [-0.05, 0) is 50.8 Å². The molecule has 2 aromatic rings. The van der Waals surface area contributed by atoms with Crippen molar-refractivity contribution in [3.05, 3.63) is 51.6 Å². The third-order valence-corrected chi connectivity index (χ3v) is 5.96. The fourth-order valence-corrected chi connectivity index (χ4v) is 4.15. The van der Waals surface area contributed by atoms with Gasteiger partial charge in [0.25, 0.3) is 0 Å². The van der Waals surface area contributed by atoms with Crippen LogP contribution in [-0.4, -0.2) is 22.7 Å². The molecule has 2 saturated carbocycles. The van der Waals surface area contributed by atoms with Gasteiger partial charge in [-0.1, -0.05) is 18.0 Å². The van der Waals surface area contributed by atoms with E-state index in [9.17, 15) is 14.3 Å². The molecule has 2 aliphatic carbocycles. The Morgan fingerprint density at radius 3 is 2.50 bits per heavy atom. The minimum absolute atomic E-state index is 0.197. The number of pyridine rings is 1. The number of nitrogens with zero attached hydrogens (tertiary/aromatic N) is 1. The third-order valence-electron chi connectivity index (χ3n) is 5.65. The van der Waals surface area contributed by atoms with E-state index in [0.29, 0.717) is 22.3 Å². The van der Waals surface area contributed by atoms with Crippen molar-refractivity contribution in [3.8, 4) is 11.1 Å². The monoisotopic (exact) mass is 403 g/mol. The maximum Gasteiger partial charge on any atom is 0.340 e. The van der Waals surface area contributed by atoms with Crippen LogP contribution in [0, 0.1) is 5.82 Å². The number of hydrogen-bond acceptors (Lipinski definition) is 4. The summed E-state index contributed by atoms with van der Waals surface area (Å²) in [6.07, 6.45) is 5.07. The van der Waals surface area contributed by atoms with Crippen molar-refractivity contribution in [1.29, 1.82) is 0 Å². The van der Waals surface area contributed by atoms with Crippen LogP contribution < -0.4 is 0 Å². The molecule has 1 heterocycles. The van der Waals surface area contributed by atoms with Crippen LogP contribution >= 0.6 is 11.6 Å². The van der Waals surface area contributed by atoms with Gasteiger partial charge in [0.15, 0.2) is 0 Å². The normalized spacial score (nSPS) is 16.7. The van der Waals surface area contributed by atoms with Crippen LogP contribution in [0.5, 0.6) is 0 Å². The van der Waals surface area contributed by atoms with Gasteiger partial charge in [0.1, 0.15) is 5.82 Å². The first-order valence-corrected chi connectivity index (χ1v) is 10.2. The molecule has 4 rings (SSSR count). The standard InChI is InChI=1S/C22H23ClFNO3/c1-2-28-22(27)19-18(15-9-8-14(24)10-17(15)23)16(11-26)20(13-6-7-13)25-21(19)12-4-3-5-12/h8-10,12-13,26H,2-7,11H2,1H3. The Morgan fingerprint density at radius 2 is 1.96 bits per heavy atom. The summed E-state index contributed by atoms with van der Waals surface area (Å²) in [6.45, 7) is 1.72. The highest BCUT2D eigenvalue weighted by atomic mass is 35.5. The SMILES string of the molecule is CCOC(=O)c1c(C2CCC2)nc(C2CC2)c(CO)c1-c1ccc(F)cc1Cl. The summed E-state index contributed by atoms with van der Waals surface area (Å²) in [4.78, 5) is 17.9. The molecule has 0 radical (unpaired) electrons. The lowest BCUT2D eigenvalue weighted by Gasteiger charge is -2.29. The first-order chi connectivity index (χ1) is 13.5. The minimum Gasteiger partial charge on any atom is -0.462 e. The number of aliphatic hydroxyl groups excluding tert-OH is 1. The quantitative estimate of drug-likeness (QED) is 0.660. The lowest BCUT2D eigenvalue weighted by Crippen LogP contribution is -2.21. The molecule has 4 nitrogen and oxygen atoms in total. The molecule has 0 atom stereocenters. The molecule has 0 bridgehead atoms. The van der Waals surface area contributed by atoms with Crippen LogP contribution in [0.3, 0.4) is 0 Å². The molecule has 0 saturated heterocycles. The van der Waals surface area contributed by atoms with Crippen LogP contribution in [0.2, 0.25) is 5.02 Å². The summed E-state index contributed by atoms with van der Waals surface area (Å²) < 4.78 is 19.0. The maximum absolute atomic E-state index is 13.7. The van der Waals surface area contributed by atoms with Gasteiger partial charge >= 0.3 is 5.97 Å². The number of rotatable bonds is 6. The van der Waals surface area contributed by atoms with E-state index >= 15 is 0 Å². The molecule has 2 aliphatic rings. The largest absolute Gasteiger partial charge is 0.462 e. The molecular formula is C22H23ClFNO3. The van der Waals surface area contributed by atoms with E-state index in [0.717, 1.165) is 43.5 Å². The highest BCUT2D eigenvalue weighted by Crippen LogP contribution is 2.48. The number of aromatic nitrogens is 1. The van der Waals surface area contributed by atoms with Crippen LogP contribution in [-0.2, 0) is 11.3 Å². The van der Waals surface area contributed by atoms with Crippen LogP contribution in [0.1, 0.15) is 78.2 Å². The molecule has 2 fully saturated rings. The Labute approximate surface area is 168 Å². The Bertz CT molecular complexity index is 922. The second-order valence-corrected chi connectivity index (χ2v) is 7.92. The van der Waals surface area contributed by atoms with E-state index in [2.05, 4.69) is 0 Å². The molecule has 0 amide bonds. The molecule has 0 aliphatic heterocycles. The second kappa shape index (κ2) is 7.80. The Balaban J connectivity index is 2.03. The van der Waals surface area contributed by atoms with Gasteiger partial charge in [-0.25, -0.2) is 9.18 Å². The smallest absolute Gasteiger partial charge is 0.340 e. The Morgan fingerprint density at radius 1 is 1.25 bits per heavy atom. The first-order valence-electron chi connectivity index (χ1n) is 9.85. The Kier molecular flexibility index (Phi) is 5.39. The van der Waals surface area contributed by atoms with Gasteiger partial charge in [-0.3, -0.25) is 4.98 Å². The number of aliphatic hydroxyl groups is 1. The van der Waals surface area contributed by atoms with Gasteiger partial charge in [-0.15, -0.1) is 0 Å². The number of hydrogen-bond donors (Lipinski definition) is 1. The fourth-order valence-electron chi connectivity index (χ4n) is 3.89. The van der Waals surface area contributed by atoms with E-state index in [1.54, 1.807) is 13.0 Å². The number of esters is 1. The lowest BCUT2D eigenvalue weighted by atomic mass is 9.78. The first kappa shape index (κ1) is 19.3. The van der Waals surface area contributed by atoms with Gasteiger partial charge in [-0.2, -0.15) is 0 Å². The van der Waals surface area contributed by atoms with E-state index in [4.69, 9.17) is 21.3 Å². The topological polar surface area (TPSA) is 59.4 Å². The van der Waals surface area contributed by atoms with E-state index in [1.165, 1.54) is 12.1 Å². The summed E-state index contributed by atoms with van der Waals surface area (Å²) in [6, 6.07) is 4.11. The molecule has 6 heteroatoms. The zero-order valence-electron chi connectivity index (χ0n) is 15.8. The average molecular weight is 404 g/mol. The van der Waals surface area contributed by atoms with Crippen molar-refractivity contribution in [2.75, 3.05) is 6.61 Å². The summed E-state index contributed by atoms with van der Waals surface area (Å²) in [5.41, 5.74) is 3.62. The molecule has 0 spiro atoms. The summed E-state index contributed by atoms with van der Waals surface area (Å²) in [7, 11) is 0. The van der Waals surface area contributed by atoms with Crippen molar-refractivity contribution in [2.45, 2.75) is 57.5 Å². The van der Waals surface area contributed by atoms with Gasteiger partial charge in [0.2, 0.25) is 0 Å². The molecule has 1 N–H and O–H groups in total. The molecule has 1 aromatic heterocycles. The predicted molar refractivity (Wildman–Crippen MR) is 105 cm³/mol. The van der Waals surface area contributed by atoms with E-state index in [1.807, 2.05) is 0 Å². The average Bonchev–Trinajstić information content (AvgIpc) is 3.44. The number of halogens is 2. The van der Waals surface area contributed by atoms with Gasteiger partial charge in [0, 0.05) is 34.2 Å². The lowest BCUT2D eigenvalue weighted by molar-refractivity contribution is 0.0523. The van der Waals surface area contributed by atoms with Crippen LogP contribution in [0.15, 0.2) is 18.2 Å². The van der Waals surface area contributed by atoms with Gasteiger partial charge < -0.3 is 9.84 Å². The fraction of sp³-hybridized carbons (Fsp3) is 0.455. The zero-order valence-corrected chi connectivity index (χ0v) is 16.6. The zero-order chi connectivity index (χ0) is 19.8. The van der Waals surface area contributed by atoms with Crippen LogP contribution in [0.4, 0.5) is 4.39 Å². The van der Waals surface area contributed by atoms with Crippen molar-refractivity contribution in [2.24, 2.45) is 0 Å². The molecule has 148 valence electrons. The highest BCUT2D eigenvalue weighted by molar-refractivity contribution is 6.33. The number of carbonyl (C=O) groups is 1. The molecular weight excluding hydrogens is 381 g/mol. The van der Waals surface area contributed by atoms with Crippen molar-refractivity contribution >= 4 is 17.6 Å². The maximum atomic E-state index is 13.7. The van der Waals surface area contributed by atoms with Crippen molar-refractivity contribution in [3.63, 3.8) is 0 Å². The number of carbonyl (C=O) groups excluding carboxylic acids is 1. The third kappa shape index (κ3) is 3.42. The summed E-state index contributed by atoms with van der Waals surface area (Å²) in [5.74, 6) is -0.435. The van der Waals surface area contributed by atoms with E-state index < -0.39 is 11.8 Å². The summed E-state index contributed by atoms with van der Waals surface area (Å²) in [5, 5.41) is 10.4. The molecule has 1 aromatic carbocycles. The number of ether oxygens (including phenoxy) is 1. The highest BCUT2D eigenvalue weighted by Gasteiger charge is 2.36.